The molecule has 5 rings (SSSR count). The van der Waals surface area contributed by atoms with Crippen molar-refractivity contribution in [1.82, 2.24) is 9.97 Å². The fourth-order valence-electron chi connectivity index (χ4n) is 5.17. The van der Waals surface area contributed by atoms with E-state index in [0.29, 0.717) is 18.2 Å². The van der Waals surface area contributed by atoms with Gasteiger partial charge in [-0.2, -0.15) is 0 Å². The van der Waals surface area contributed by atoms with Crippen molar-refractivity contribution in [3.8, 4) is 11.6 Å². The van der Waals surface area contributed by atoms with Crippen LogP contribution >= 0.6 is 0 Å². The molecule has 1 atom stereocenters. The Balaban J connectivity index is 1.57. The number of carbonyl (C=O) groups excluding carboxylic acids is 1. The third-order valence-electron chi connectivity index (χ3n) is 6.69. The highest BCUT2D eigenvalue weighted by atomic mass is 32.2. The molecule has 1 unspecified atom stereocenters. The third-order valence-corrected chi connectivity index (χ3v) is 8.39. The van der Waals surface area contributed by atoms with Gasteiger partial charge in [0.25, 0.3) is 5.91 Å². The fraction of sp³-hybridized carbons (Fsp3) is 0.250. The number of rotatable bonds is 6. The molecule has 1 amide bonds. The van der Waals surface area contributed by atoms with Gasteiger partial charge >= 0.3 is 0 Å². The van der Waals surface area contributed by atoms with Crippen LogP contribution in [0.2, 0.25) is 0 Å². The molecular formula is C28H28N4O4S. The monoisotopic (exact) mass is 516 g/mol. The lowest BCUT2D eigenvalue weighted by Gasteiger charge is -2.33. The molecule has 190 valence electrons. The van der Waals surface area contributed by atoms with Gasteiger partial charge in [0, 0.05) is 29.7 Å². The van der Waals surface area contributed by atoms with Crippen LogP contribution in [0.1, 0.15) is 37.6 Å². The number of benzene rings is 2. The molecule has 0 bridgehead atoms. The molecule has 3 heterocycles. The molecule has 1 aliphatic heterocycles. The Kier molecular flexibility index (Phi) is 6.11. The zero-order valence-electron chi connectivity index (χ0n) is 20.9. The average Bonchev–Trinajstić information content (AvgIpc) is 3.15. The van der Waals surface area contributed by atoms with E-state index in [2.05, 4.69) is 16.9 Å². The number of fused-ring (bicyclic) bond motifs is 1. The van der Waals surface area contributed by atoms with E-state index < -0.39 is 15.7 Å². The summed E-state index contributed by atoms with van der Waals surface area (Å²) in [4.78, 5) is 23.1. The fourth-order valence-corrected chi connectivity index (χ4v) is 6.56. The highest BCUT2D eigenvalue weighted by Crippen LogP contribution is 2.39. The van der Waals surface area contributed by atoms with E-state index in [1.807, 2.05) is 55.1 Å². The Hall–Kier alpha value is -3.98. The number of carbonyl (C=O) groups is 1. The first-order valence-electron chi connectivity index (χ1n) is 12.0. The number of ether oxygens (including phenoxy) is 1. The molecule has 1 fully saturated rings. The molecule has 2 aromatic carbocycles. The molecule has 0 radical (unpaired) electrons. The summed E-state index contributed by atoms with van der Waals surface area (Å²) in [5.41, 5.74) is 5.30. The molecule has 8 nitrogen and oxygen atoms in total. The SMILES string of the molecule is CC1CN(c2nccc(S(=O)(=O)c3cccc(Oc4cccc5ccccc45)n3)c2C(N)=O)C(C)(C)C1. The number of nitrogens with two attached hydrogens (primary N) is 1. The number of nitrogens with zero attached hydrogens (tertiary/aromatic N) is 3. The number of amides is 1. The van der Waals surface area contributed by atoms with E-state index in [9.17, 15) is 13.2 Å². The number of aromatic nitrogens is 2. The summed E-state index contributed by atoms with van der Waals surface area (Å²) < 4.78 is 33.6. The summed E-state index contributed by atoms with van der Waals surface area (Å²) in [5.74, 6) is 0.421. The summed E-state index contributed by atoms with van der Waals surface area (Å²) >= 11 is 0. The normalized spacial score (nSPS) is 17.2. The largest absolute Gasteiger partial charge is 0.438 e. The van der Waals surface area contributed by atoms with Crippen LogP contribution in [0.3, 0.4) is 0 Å². The van der Waals surface area contributed by atoms with E-state index in [4.69, 9.17) is 10.5 Å². The zero-order valence-corrected chi connectivity index (χ0v) is 21.7. The van der Waals surface area contributed by atoms with Crippen molar-refractivity contribution in [1.29, 1.82) is 0 Å². The molecule has 4 aromatic rings. The lowest BCUT2D eigenvalue weighted by atomic mass is 9.97. The smallest absolute Gasteiger partial charge is 0.253 e. The first-order valence-corrected chi connectivity index (χ1v) is 13.5. The minimum absolute atomic E-state index is 0.113. The molecular weight excluding hydrogens is 488 g/mol. The van der Waals surface area contributed by atoms with Crippen LogP contribution in [0.15, 0.2) is 82.8 Å². The summed E-state index contributed by atoms with van der Waals surface area (Å²) in [6, 6.07) is 19.1. The number of hydrogen-bond donors (Lipinski definition) is 1. The number of anilines is 1. The summed E-state index contributed by atoms with van der Waals surface area (Å²) in [6.45, 7) is 6.83. The van der Waals surface area contributed by atoms with Crippen molar-refractivity contribution < 1.29 is 17.9 Å². The number of sulfone groups is 1. The zero-order chi connectivity index (χ0) is 26.4. The van der Waals surface area contributed by atoms with Gasteiger partial charge in [0.2, 0.25) is 15.7 Å². The van der Waals surface area contributed by atoms with Crippen molar-refractivity contribution >= 4 is 32.3 Å². The highest BCUT2D eigenvalue weighted by molar-refractivity contribution is 7.91. The number of primary amides is 1. The Morgan fingerprint density at radius 2 is 1.78 bits per heavy atom. The molecule has 9 heteroatoms. The first kappa shape index (κ1) is 24.7. The summed E-state index contributed by atoms with van der Waals surface area (Å²) in [6.07, 6.45) is 2.27. The molecule has 2 N–H and O–H groups in total. The second kappa shape index (κ2) is 9.15. The number of hydrogen-bond acceptors (Lipinski definition) is 7. The van der Waals surface area contributed by atoms with Gasteiger partial charge in [0.15, 0.2) is 5.03 Å². The van der Waals surface area contributed by atoms with Gasteiger partial charge in [-0.1, -0.05) is 49.4 Å². The minimum Gasteiger partial charge on any atom is -0.438 e. The molecule has 1 aliphatic rings. The van der Waals surface area contributed by atoms with E-state index in [1.165, 1.54) is 18.3 Å². The van der Waals surface area contributed by atoms with E-state index >= 15 is 0 Å². The van der Waals surface area contributed by atoms with E-state index in [1.54, 1.807) is 18.2 Å². The summed E-state index contributed by atoms with van der Waals surface area (Å²) in [5, 5.41) is 1.61. The van der Waals surface area contributed by atoms with Gasteiger partial charge in [-0.05, 0) is 49.8 Å². The Bertz CT molecular complexity index is 1610. The maximum Gasteiger partial charge on any atom is 0.253 e. The highest BCUT2D eigenvalue weighted by Gasteiger charge is 2.40. The average molecular weight is 517 g/mol. The summed E-state index contributed by atoms with van der Waals surface area (Å²) in [7, 11) is -4.23. The van der Waals surface area contributed by atoms with Crippen LogP contribution in [-0.2, 0) is 9.84 Å². The van der Waals surface area contributed by atoms with Gasteiger partial charge in [0.1, 0.15) is 17.1 Å². The van der Waals surface area contributed by atoms with Crippen LogP contribution in [0.4, 0.5) is 5.82 Å². The van der Waals surface area contributed by atoms with Crippen LogP contribution in [0, 0.1) is 5.92 Å². The maximum atomic E-state index is 13.8. The van der Waals surface area contributed by atoms with Crippen LogP contribution < -0.4 is 15.4 Å². The van der Waals surface area contributed by atoms with Crippen molar-refractivity contribution in [2.24, 2.45) is 11.7 Å². The molecule has 1 saturated heterocycles. The maximum absolute atomic E-state index is 13.8. The standard InChI is InChI=1S/C28H28N4O4S/c1-18-16-28(2,3)32(17-18)27-25(26(29)33)22(14-15-30-27)37(34,35)24-13-7-12-23(31-24)36-21-11-6-9-19-8-4-5-10-20(19)21/h4-15,18H,16-17H2,1-3H3,(H2,29,33). The van der Waals surface area contributed by atoms with Gasteiger partial charge in [-0.15, -0.1) is 0 Å². The molecule has 0 spiro atoms. The predicted molar refractivity (Wildman–Crippen MR) is 142 cm³/mol. The Labute approximate surface area is 216 Å². The molecule has 0 saturated carbocycles. The van der Waals surface area contributed by atoms with Crippen molar-refractivity contribution in [3.63, 3.8) is 0 Å². The lowest BCUT2D eigenvalue weighted by Crippen LogP contribution is -2.40. The van der Waals surface area contributed by atoms with Crippen LogP contribution in [0.5, 0.6) is 11.6 Å². The van der Waals surface area contributed by atoms with Crippen LogP contribution in [-0.4, -0.2) is 36.4 Å². The van der Waals surface area contributed by atoms with Crippen LogP contribution in [0.25, 0.3) is 10.8 Å². The van der Waals surface area contributed by atoms with Crippen molar-refractivity contribution in [2.75, 3.05) is 11.4 Å². The Morgan fingerprint density at radius 3 is 2.51 bits per heavy atom. The van der Waals surface area contributed by atoms with Gasteiger partial charge in [-0.25, -0.2) is 18.4 Å². The van der Waals surface area contributed by atoms with Crippen molar-refractivity contribution in [2.45, 2.75) is 42.7 Å². The van der Waals surface area contributed by atoms with E-state index in [0.717, 1.165) is 17.2 Å². The second-order valence-electron chi connectivity index (χ2n) is 10.0. The topological polar surface area (TPSA) is 115 Å². The Morgan fingerprint density at radius 1 is 1.05 bits per heavy atom. The predicted octanol–water partition coefficient (Wildman–Crippen LogP) is 4.98. The minimum atomic E-state index is -4.23. The van der Waals surface area contributed by atoms with Crippen molar-refractivity contribution in [3.05, 3.63) is 78.5 Å². The molecule has 2 aromatic heterocycles. The first-order chi connectivity index (χ1) is 17.6. The van der Waals surface area contributed by atoms with Gasteiger partial charge < -0.3 is 15.4 Å². The number of pyridine rings is 2. The quantitative estimate of drug-likeness (QED) is 0.384. The molecule has 0 aliphatic carbocycles. The lowest BCUT2D eigenvalue weighted by molar-refractivity contribution is 0.0997. The van der Waals surface area contributed by atoms with Gasteiger partial charge in [-0.3, -0.25) is 4.79 Å². The second-order valence-corrected chi connectivity index (χ2v) is 11.9. The van der Waals surface area contributed by atoms with Gasteiger partial charge in [0.05, 0.1) is 4.90 Å². The third kappa shape index (κ3) is 4.51. The van der Waals surface area contributed by atoms with E-state index in [-0.39, 0.29) is 32.7 Å². The molecule has 37 heavy (non-hydrogen) atoms.